The van der Waals surface area contributed by atoms with E-state index in [1.54, 1.807) is 41.3 Å². The molecule has 0 saturated carbocycles. The van der Waals surface area contributed by atoms with Crippen molar-refractivity contribution in [2.45, 2.75) is 29.5 Å². The molecule has 2 aliphatic rings. The number of thioether (sulfide) groups is 1. The lowest BCUT2D eigenvalue weighted by Crippen LogP contribution is -2.38. The third kappa shape index (κ3) is 5.10. The molecule has 1 atom stereocenters. The van der Waals surface area contributed by atoms with Crippen LogP contribution in [0.15, 0.2) is 75.5 Å². The van der Waals surface area contributed by atoms with Gasteiger partial charge in [0.15, 0.2) is 10.1 Å². The SMILES string of the molecule is COc1ccccc1NC(=O)CSc1nnc(N2C(N)=C(C#N)C(c3ccccc3F)C3=C2CCCC3=O)s1. The fraction of sp³-hybridized carbons (Fsp3) is 0.222. The van der Waals surface area contributed by atoms with Crippen LogP contribution in [0, 0.1) is 17.1 Å². The van der Waals surface area contributed by atoms with Gasteiger partial charge in [-0.2, -0.15) is 5.26 Å². The van der Waals surface area contributed by atoms with Crippen LogP contribution in [0.3, 0.4) is 0 Å². The molecule has 198 valence electrons. The maximum atomic E-state index is 14.9. The first-order chi connectivity index (χ1) is 18.9. The highest BCUT2D eigenvalue weighted by Gasteiger charge is 2.42. The van der Waals surface area contributed by atoms with Gasteiger partial charge in [0.1, 0.15) is 17.4 Å². The Hall–Kier alpha value is -4.21. The molecule has 1 amide bonds. The van der Waals surface area contributed by atoms with Gasteiger partial charge in [-0.15, -0.1) is 10.2 Å². The van der Waals surface area contributed by atoms with Gasteiger partial charge in [0.25, 0.3) is 0 Å². The molecule has 1 aromatic heterocycles. The number of Topliss-reactive ketones (excluding diaryl/α,β-unsaturated/α-hetero) is 1. The van der Waals surface area contributed by atoms with Crippen LogP contribution in [0.1, 0.15) is 30.7 Å². The van der Waals surface area contributed by atoms with Gasteiger partial charge in [-0.1, -0.05) is 53.4 Å². The van der Waals surface area contributed by atoms with Gasteiger partial charge in [-0.05, 0) is 31.0 Å². The maximum absolute atomic E-state index is 14.9. The highest BCUT2D eigenvalue weighted by Crippen LogP contribution is 2.47. The van der Waals surface area contributed by atoms with Crippen molar-refractivity contribution in [1.29, 1.82) is 5.26 Å². The lowest BCUT2D eigenvalue weighted by atomic mass is 9.75. The number of benzene rings is 2. The van der Waals surface area contributed by atoms with E-state index < -0.39 is 11.7 Å². The molecular formula is C27H23FN6O3S2. The molecular weight excluding hydrogens is 539 g/mol. The van der Waals surface area contributed by atoms with Crippen LogP contribution in [0.5, 0.6) is 5.75 Å². The van der Waals surface area contributed by atoms with Gasteiger partial charge in [0.05, 0.1) is 36.1 Å². The Bertz CT molecular complexity index is 1560. The summed E-state index contributed by atoms with van der Waals surface area (Å²) in [6.45, 7) is 0. The highest BCUT2D eigenvalue weighted by molar-refractivity contribution is 8.01. The number of halogens is 1. The summed E-state index contributed by atoms with van der Waals surface area (Å²) in [6.07, 6.45) is 1.40. The highest BCUT2D eigenvalue weighted by atomic mass is 32.2. The van der Waals surface area contributed by atoms with Crippen molar-refractivity contribution in [3.8, 4) is 11.8 Å². The minimum atomic E-state index is -0.893. The fourth-order valence-electron chi connectivity index (χ4n) is 4.74. The number of carbonyl (C=O) groups is 2. The summed E-state index contributed by atoms with van der Waals surface area (Å²) >= 11 is 2.38. The summed E-state index contributed by atoms with van der Waals surface area (Å²) < 4.78 is 20.6. The Labute approximate surface area is 232 Å². The lowest BCUT2D eigenvalue weighted by Gasteiger charge is -2.38. The molecule has 0 saturated heterocycles. The lowest BCUT2D eigenvalue weighted by molar-refractivity contribution is -0.116. The number of nitrogens with zero attached hydrogens (tertiary/aromatic N) is 4. The normalized spacial score (nSPS) is 17.1. The number of carbonyl (C=O) groups excluding carboxylic acids is 2. The number of ketones is 1. The zero-order valence-corrected chi connectivity index (χ0v) is 22.4. The zero-order valence-electron chi connectivity index (χ0n) is 20.8. The molecule has 3 N–H and O–H groups in total. The number of amides is 1. The number of rotatable bonds is 7. The number of nitrogens with two attached hydrogens (primary N) is 1. The number of aromatic nitrogens is 2. The number of ether oxygens (including phenoxy) is 1. The molecule has 1 unspecified atom stereocenters. The van der Waals surface area contributed by atoms with Crippen molar-refractivity contribution in [3.05, 3.63) is 82.6 Å². The average molecular weight is 563 g/mol. The molecule has 3 aromatic rings. The van der Waals surface area contributed by atoms with E-state index in [2.05, 4.69) is 21.6 Å². The monoisotopic (exact) mass is 562 g/mol. The average Bonchev–Trinajstić information content (AvgIpc) is 3.40. The second-order valence-electron chi connectivity index (χ2n) is 8.73. The van der Waals surface area contributed by atoms with Crippen molar-refractivity contribution in [3.63, 3.8) is 0 Å². The van der Waals surface area contributed by atoms with Gasteiger partial charge >= 0.3 is 0 Å². The smallest absolute Gasteiger partial charge is 0.234 e. The Morgan fingerprint density at radius 1 is 1.26 bits per heavy atom. The number of methoxy groups -OCH3 is 1. The minimum absolute atomic E-state index is 0.0727. The second-order valence-corrected chi connectivity index (χ2v) is 10.9. The van der Waals surface area contributed by atoms with Crippen LogP contribution < -0.4 is 20.7 Å². The number of allylic oxidation sites excluding steroid dienone is 3. The third-order valence-electron chi connectivity index (χ3n) is 6.42. The van der Waals surface area contributed by atoms with E-state index in [0.717, 1.165) is 0 Å². The Morgan fingerprint density at radius 2 is 2.03 bits per heavy atom. The number of nitrogens with one attached hydrogen (secondary N) is 1. The van der Waals surface area contributed by atoms with E-state index in [1.165, 1.54) is 36.3 Å². The van der Waals surface area contributed by atoms with E-state index in [4.69, 9.17) is 10.5 Å². The number of hydrogen-bond donors (Lipinski definition) is 2. The van der Waals surface area contributed by atoms with E-state index in [9.17, 15) is 19.2 Å². The van der Waals surface area contributed by atoms with Gasteiger partial charge in [-0.25, -0.2) is 4.39 Å². The number of anilines is 2. The van der Waals surface area contributed by atoms with Crippen LogP contribution in [0.2, 0.25) is 0 Å². The number of para-hydroxylation sites is 2. The van der Waals surface area contributed by atoms with Gasteiger partial charge in [-0.3, -0.25) is 14.5 Å². The van der Waals surface area contributed by atoms with Crippen LogP contribution in [0.25, 0.3) is 0 Å². The molecule has 5 rings (SSSR count). The predicted octanol–water partition coefficient (Wildman–Crippen LogP) is 4.72. The first kappa shape index (κ1) is 26.4. The Morgan fingerprint density at radius 3 is 2.79 bits per heavy atom. The second kappa shape index (κ2) is 11.3. The standard InChI is InChI=1S/C27H23FN6O3S2/c1-37-21-12-5-4-9-18(21)31-22(36)14-38-27-33-32-26(39-27)34-19-10-6-11-20(35)24(19)23(16(13-29)25(34)30)15-7-2-3-8-17(15)28/h2-5,7-9,12,23H,6,10-11,14,30H2,1H3,(H,31,36). The van der Waals surface area contributed by atoms with E-state index >= 15 is 0 Å². The molecule has 0 bridgehead atoms. The van der Waals surface area contributed by atoms with Crippen LogP contribution >= 0.6 is 23.1 Å². The summed E-state index contributed by atoms with van der Waals surface area (Å²) in [5.74, 6) is -1.10. The first-order valence-corrected chi connectivity index (χ1v) is 13.8. The van der Waals surface area contributed by atoms with Crippen molar-refractivity contribution < 1.29 is 18.7 Å². The molecule has 0 fully saturated rings. The molecule has 1 aliphatic heterocycles. The molecule has 12 heteroatoms. The molecule has 2 aromatic carbocycles. The maximum Gasteiger partial charge on any atom is 0.234 e. The van der Waals surface area contributed by atoms with Crippen molar-refractivity contribution >= 4 is 45.6 Å². The van der Waals surface area contributed by atoms with Gasteiger partial charge < -0.3 is 15.8 Å². The largest absolute Gasteiger partial charge is 0.495 e. The molecule has 2 heterocycles. The topological polar surface area (TPSA) is 134 Å². The Balaban J connectivity index is 1.42. The quantitative estimate of drug-likeness (QED) is 0.392. The van der Waals surface area contributed by atoms with Crippen molar-refractivity contribution in [1.82, 2.24) is 10.2 Å². The Kier molecular flexibility index (Phi) is 7.63. The molecule has 9 nitrogen and oxygen atoms in total. The predicted molar refractivity (Wildman–Crippen MR) is 147 cm³/mol. The third-order valence-corrected chi connectivity index (χ3v) is 8.47. The fourth-order valence-corrected chi connectivity index (χ4v) is 6.42. The van der Waals surface area contributed by atoms with E-state index in [1.807, 2.05) is 6.07 Å². The summed E-state index contributed by atoms with van der Waals surface area (Å²) in [5.41, 5.74) is 8.33. The summed E-state index contributed by atoms with van der Waals surface area (Å²) in [4.78, 5) is 27.3. The summed E-state index contributed by atoms with van der Waals surface area (Å²) in [7, 11) is 1.53. The van der Waals surface area contributed by atoms with Crippen molar-refractivity contribution in [2.24, 2.45) is 5.73 Å². The first-order valence-electron chi connectivity index (χ1n) is 12.0. The van der Waals surface area contributed by atoms with Crippen LogP contribution in [0.4, 0.5) is 15.2 Å². The van der Waals surface area contributed by atoms with Gasteiger partial charge in [0.2, 0.25) is 11.0 Å². The molecule has 0 radical (unpaired) electrons. The molecule has 0 spiro atoms. The number of hydrogen-bond acceptors (Lipinski definition) is 10. The molecule has 39 heavy (non-hydrogen) atoms. The molecule has 1 aliphatic carbocycles. The van der Waals surface area contributed by atoms with Crippen LogP contribution in [-0.2, 0) is 9.59 Å². The van der Waals surface area contributed by atoms with E-state index in [-0.39, 0.29) is 34.4 Å². The van der Waals surface area contributed by atoms with Gasteiger partial charge in [0, 0.05) is 23.3 Å². The summed E-state index contributed by atoms with van der Waals surface area (Å²) in [6, 6.07) is 15.3. The minimum Gasteiger partial charge on any atom is -0.495 e. The van der Waals surface area contributed by atoms with E-state index in [0.29, 0.717) is 51.4 Å². The zero-order chi connectivity index (χ0) is 27.5. The van der Waals surface area contributed by atoms with Crippen LogP contribution in [-0.4, -0.2) is 34.8 Å². The summed E-state index contributed by atoms with van der Waals surface area (Å²) in [5, 5.41) is 21.7. The van der Waals surface area contributed by atoms with Crippen molar-refractivity contribution in [2.75, 3.05) is 23.1 Å². The number of nitriles is 1.